The van der Waals surface area contributed by atoms with Crippen LogP contribution in [0, 0.1) is 0 Å². The number of carbonyl (C=O) groups is 1. The molecule has 13 heteroatoms. The number of aliphatic hydroxyl groups excluding tert-OH is 3. The van der Waals surface area contributed by atoms with Crippen LogP contribution in [0.4, 0.5) is 0 Å². The number of allylic oxidation sites excluding steroid dienone is 6. The van der Waals surface area contributed by atoms with Crippen LogP contribution < -0.4 is 0 Å². The summed E-state index contributed by atoms with van der Waals surface area (Å²) in [6, 6.07) is 0. The number of esters is 1. The van der Waals surface area contributed by atoms with E-state index in [2.05, 4.69) is 54.5 Å². The lowest BCUT2D eigenvalue weighted by molar-refractivity contribution is -0.301. The third-order valence-corrected chi connectivity index (χ3v) is 11.7. The van der Waals surface area contributed by atoms with E-state index < -0.39 is 59.8 Å². The predicted octanol–water partition coefficient (Wildman–Crippen LogP) is 11.0. The molecule has 0 amide bonds. The molecule has 62 heavy (non-hydrogen) atoms. The van der Waals surface area contributed by atoms with E-state index >= 15 is 0 Å². The van der Waals surface area contributed by atoms with Gasteiger partial charge >= 0.3 is 16.4 Å². The van der Waals surface area contributed by atoms with Gasteiger partial charge in [-0.2, -0.15) is 8.42 Å². The summed E-state index contributed by atoms with van der Waals surface area (Å²) in [5.41, 5.74) is 0. The van der Waals surface area contributed by atoms with Crippen molar-refractivity contribution in [3.8, 4) is 0 Å². The highest BCUT2D eigenvalue weighted by molar-refractivity contribution is 7.80. The molecule has 1 rings (SSSR count). The fourth-order valence-corrected chi connectivity index (χ4v) is 8.01. The van der Waals surface area contributed by atoms with Crippen LogP contribution in [0.1, 0.15) is 206 Å². The van der Waals surface area contributed by atoms with E-state index in [1.807, 2.05) is 0 Å². The van der Waals surface area contributed by atoms with Gasteiger partial charge in [0, 0.05) is 13.0 Å². The minimum Gasteiger partial charge on any atom is -0.457 e. The Balaban J connectivity index is 2.38. The van der Waals surface area contributed by atoms with E-state index in [-0.39, 0.29) is 19.6 Å². The Kier molecular flexibility index (Phi) is 38.4. The molecule has 1 fully saturated rings. The Hall–Kier alpha value is -1.68. The maximum atomic E-state index is 12.9. The Morgan fingerprint density at radius 3 is 1.58 bits per heavy atom. The maximum absolute atomic E-state index is 12.9. The van der Waals surface area contributed by atoms with Crippen molar-refractivity contribution in [3.05, 3.63) is 36.5 Å². The molecule has 1 aliphatic rings. The standard InChI is InChI=1S/C49H90O12S/c1-3-5-7-9-11-13-15-17-19-20-21-22-23-25-27-29-31-33-35-37-39-57-41-43(42-58-49-47(53)48(61-62(54,55)56)46(52)44(40-50)60-49)59-45(51)38-36-34-32-30-28-26-24-18-16-14-12-10-8-6-4-2/h11,13,17,19,21-22,43-44,46-50,52-53H,3-10,12,14-16,18,20,23-42H2,1-2H3,(H,54,55,56)/b13-11-,19-17-,22-21-. The van der Waals surface area contributed by atoms with Crippen molar-refractivity contribution in [3.63, 3.8) is 0 Å². The first-order chi connectivity index (χ1) is 30.1. The molecule has 0 aromatic rings. The molecule has 6 atom stereocenters. The number of ether oxygens (including phenoxy) is 4. The quantitative estimate of drug-likeness (QED) is 0.0197. The molecular weight excluding hydrogens is 813 g/mol. The second kappa shape index (κ2) is 40.8. The van der Waals surface area contributed by atoms with Crippen LogP contribution in [-0.4, -0.2) is 97.5 Å². The number of unbranched alkanes of at least 4 members (excludes halogenated alkanes) is 24. The first kappa shape index (κ1) is 58.3. The van der Waals surface area contributed by atoms with Crippen molar-refractivity contribution in [2.24, 2.45) is 0 Å². The monoisotopic (exact) mass is 903 g/mol. The Morgan fingerprint density at radius 2 is 1.06 bits per heavy atom. The summed E-state index contributed by atoms with van der Waals surface area (Å²) in [5.74, 6) is -0.401. The Labute approximate surface area is 377 Å². The van der Waals surface area contributed by atoms with Gasteiger partial charge in [0.25, 0.3) is 0 Å². The fraction of sp³-hybridized carbons (Fsp3) is 0.857. The van der Waals surface area contributed by atoms with Gasteiger partial charge < -0.3 is 34.3 Å². The van der Waals surface area contributed by atoms with Gasteiger partial charge in [-0.05, 0) is 51.4 Å². The van der Waals surface area contributed by atoms with Crippen molar-refractivity contribution < 1.29 is 56.2 Å². The first-order valence-corrected chi connectivity index (χ1v) is 26.1. The Morgan fingerprint density at radius 1 is 0.613 bits per heavy atom. The van der Waals surface area contributed by atoms with Gasteiger partial charge in [-0.3, -0.25) is 9.35 Å². The van der Waals surface area contributed by atoms with E-state index in [0.29, 0.717) is 13.0 Å². The number of hydrogen-bond donors (Lipinski definition) is 4. The highest BCUT2D eigenvalue weighted by Crippen LogP contribution is 2.26. The maximum Gasteiger partial charge on any atom is 0.397 e. The highest BCUT2D eigenvalue weighted by Gasteiger charge is 2.48. The fourth-order valence-electron chi connectivity index (χ4n) is 7.50. The molecule has 0 aliphatic carbocycles. The predicted molar refractivity (Wildman–Crippen MR) is 248 cm³/mol. The molecule has 12 nitrogen and oxygen atoms in total. The second-order valence-corrected chi connectivity index (χ2v) is 18.1. The summed E-state index contributed by atoms with van der Waals surface area (Å²) in [6.45, 7) is 3.96. The first-order valence-electron chi connectivity index (χ1n) is 24.7. The molecule has 0 radical (unpaired) electrons. The van der Waals surface area contributed by atoms with Gasteiger partial charge in [0.1, 0.15) is 30.5 Å². The highest BCUT2D eigenvalue weighted by atomic mass is 32.3. The minimum absolute atomic E-state index is 0.0316. The lowest BCUT2D eigenvalue weighted by Gasteiger charge is -2.41. The number of carbonyl (C=O) groups excluding carboxylic acids is 1. The van der Waals surface area contributed by atoms with Crippen LogP contribution in [0.2, 0.25) is 0 Å². The van der Waals surface area contributed by atoms with Gasteiger partial charge in [-0.15, -0.1) is 0 Å². The molecule has 1 heterocycles. The van der Waals surface area contributed by atoms with Gasteiger partial charge in [0.2, 0.25) is 0 Å². The normalized spacial score (nSPS) is 20.3. The van der Waals surface area contributed by atoms with Crippen LogP contribution in [0.3, 0.4) is 0 Å². The van der Waals surface area contributed by atoms with Crippen LogP contribution >= 0.6 is 0 Å². The van der Waals surface area contributed by atoms with E-state index in [0.717, 1.165) is 57.8 Å². The molecule has 0 saturated carbocycles. The van der Waals surface area contributed by atoms with Gasteiger partial charge in [0.15, 0.2) is 6.29 Å². The van der Waals surface area contributed by atoms with Crippen molar-refractivity contribution in [2.45, 2.75) is 243 Å². The molecule has 364 valence electrons. The van der Waals surface area contributed by atoms with Crippen LogP contribution in [-0.2, 0) is 38.3 Å². The zero-order chi connectivity index (χ0) is 45.4. The molecule has 0 aromatic carbocycles. The summed E-state index contributed by atoms with van der Waals surface area (Å²) < 4.78 is 59.2. The lowest BCUT2D eigenvalue weighted by Crippen LogP contribution is -2.60. The molecular formula is C49H90O12S. The topological polar surface area (TPSA) is 178 Å². The number of aliphatic hydroxyl groups is 3. The molecule has 0 spiro atoms. The molecule has 1 saturated heterocycles. The minimum atomic E-state index is -5.06. The van der Waals surface area contributed by atoms with Gasteiger partial charge in [-0.25, -0.2) is 4.18 Å². The van der Waals surface area contributed by atoms with Crippen LogP contribution in [0.5, 0.6) is 0 Å². The average molecular weight is 903 g/mol. The van der Waals surface area contributed by atoms with E-state index in [9.17, 15) is 33.1 Å². The van der Waals surface area contributed by atoms with E-state index in [4.69, 9.17) is 18.9 Å². The lowest BCUT2D eigenvalue weighted by atomic mass is 9.99. The molecule has 1 aliphatic heterocycles. The summed E-state index contributed by atoms with van der Waals surface area (Å²) in [4.78, 5) is 12.9. The largest absolute Gasteiger partial charge is 0.457 e. The van der Waals surface area contributed by atoms with Crippen molar-refractivity contribution in [2.75, 3.05) is 26.4 Å². The van der Waals surface area contributed by atoms with Gasteiger partial charge in [0.05, 0.1) is 19.8 Å². The SMILES string of the molecule is CCCCC/C=C\C/C=C\C/C=C\CCCCCCCCCOCC(COC1OC(CO)C(O)C(OS(=O)(=O)O)C1O)OC(=O)CCCCCCCCCCCCCCCCC. The summed E-state index contributed by atoms with van der Waals surface area (Å²) >= 11 is 0. The summed E-state index contributed by atoms with van der Waals surface area (Å²) in [6.07, 6.45) is 38.8. The second-order valence-electron chi connectivity index (χ2n) is 17.1. The van der Waals surface area contributed by atoms with Crippen LogP contribution in [0.15, 0.2) is 36.5 Å². The third kappa shape index (κ3) is 33.8. The van der Waals surface area contributed by atoms with Gasteiger partial charge in [-0.1, -0.05) is 185 Å². The van der Waals surface area contributed by atoms with E-state index in [1.54, 1.807) is 0 Å². The molecule has 4 N–H and O–H groups in total. The smallest absolute Gasteiger partial charge is 0.397 e. The zero-order valence-electron chi connectivity index (χ0n) is 38.9. The molecule has 6 unspecified atom stereocenters. The number of rotatable bonds is 43. The van der Waals surface area contributed by atoms with Crippen molar-refractivity contribution in [1.82, 2.24) is 0 Å². The molecule has 0 aromatic heterocycles. The molecule has 0 bridgehead atoms. The average Bonchev–Trinajstić information content (AvgIpc) is 3.24. The number of hydrogen-bond acceptors (Lipinski definition) is 11. The zero-order valence-corrected chi connectivity index (χ0v) is 39.7. The summed E-state index contributed by atoms with van der Waals surface area (Å²) in [5, 5.41) is 30.7. The van der Waals surface area contributed by atoms with Crippen LogP contribution in [0.25, 0.3) is 0 Å². The van der Waals surface area contributed by atoms with Crippen molar-refractivity contribution >= 4 is 16.4 Å². The van der Waals surface area contributed by atoms with E-state index in [1.165, 1.54) is 122 Å². The van der Waals surface area contributed by atoms with Crippen molar-refractivity contribution in [1.29, 1.82) is 0 Å². The Bertz CT molecular complexity index is 1230. The summed E-state index contributed by atoms with van der Waals surface area (Å²) in [7, 11) is -5.06. The third-order valence-electron chi connectivity index (χ3n) is 11.3.